The van der Waals surface area contributed by atoms with E-state index >= 15 is 0 Å². The Kier molecular flexibility index (Phi) is 6.44. The first-order valence-corrected chi connectivity index (χ1v) is 10.6. The molecule has 10 nitrogen and oxygen atoms in total. The van der Waals surface area contributed by atoms with Gasteiger partial charge in [0.15, 0.2) is 5.82 Å². The number of hydrogen-bond acceptors (Lipinski definition) is 10. The number of rotatable bonds is 6. The molecule has 0 saturated carbocycles. The number of morpholine rings is 1. The van der Waals surface area contributed by atoms with Gasteiger partial charge in [-0.25, -0.2) is 4.98 Å². The van der Waals surface area contributed by atoms with Gasteiger partial charge in [0.25, 0.3) is 5.91 Å². The normalized spacial score (nSPS) is 13.3. The standard InChI is InChI=1S/C21H21N7O3S/c1-13-18(21(32-27-13)25-16-5-3-14(11-22)12-23-16)20(29)24-15-4-6-17(30-2)26-19(15)28-7-9-31-10-8-28/h3-6,12H,7-10H2,1-2H3,(H,23,25)(H,24,29). The van der Waals surface area contributed by atoms with Crippen molar-refractivity contribution in [3.8, 4) is 11.9 Å². The molecule has 0 atom stereocenters. The number of ether oxygens (including phenoxy) is 2. The number of nitrogens with zero attached hydrogens (tertiary/aromatic N) is 5. The number of carbonyl (C=O) groups is 1. The lowest BCUT2D eigenvalue weighted by molar-refractivity contribution is 0.102. The summed E-state index contributed by atoms with van der Waals surface area (Å²) in [6, 6.07) is 8.85. The monoisotopic (exact) mass is 451 g/mol. The van der Waals surface area contributed by atoms with Crippen LogP contribution in [0.5, 0.6) is 5.88 Å². The van der Waals surface area contributed by atoms with E-state index in [2.05, 4.69) is 29.9 Å². The minimum absolute atomic E-state index is 0.311. The maximum atomic E-state index is 13.2. The van der Waals surface area contributed by atoms with Crippen molar-refractivity contribution in [3.05, 3.63) is 47.3 Å². The second kappa shape index (κ2) is 9.59. The summed E-state index contributed by atoms with van der Waals surface area (Å²) in [7, 11) is 1.55. The molecule has 0 unspecified atom stereocenters. The van der Waals surface area contributed by atoms with Crippen molar-refractivity contribution in [2.45, 2.75) is 6.92 Å². The van der Waals surface area contributed by atoms with Crippen LogP contribution < -0.4 is 20.3 Å². The third kappa shape index (κ3) is 4.61. The van der Waals surface area contributed by atoms with Gasteiger partial charge in [-0.3, -0.25) is 4.79 Å². The van der Waals surface area contributed by atoms with Crippen molar-refractivity contribution in [3.63, 3.8) is 0 Å². The summed E-state index contributed by atoms with van der Waals surface area (Å²) in [4.78, 5) is 24.1. The molecular formula is C21H21N7O3S. The van der Waals surface area contributed by atoms with Crippen molar-refractivity contribution < 1.29 is 14.3 Å². The molecule has 3 aromatic heterocycles. The first kappa shape index (κ1) is 21.5. The van der Waals surface area contributed by atoms with Crippen molar-refractivity contribution in [2.24, 2.45) is 0 Å². The average molecular weight is 452 g/mol. The van der Waals surface area contributed by atoms with Crippen LogP contribution in [-0.2, 0) is 4.74 Å². The van der Waals surface area contributed by atoms with E-state index in [1.165, 1.54) is 17.7 Å². The summed E-state index contributed by atoms with van der Waals surface area (Å²) in [5.74, 6) is 1.30. The van der Waals surface area contributed by atoms with Crippen LogP contribution in [-0.4, -0.2) is 53.7 Å². The number of anilines is 4. The molecule has 1 saturated heterocycles. The fourth-order valence-corrected chi connectivity index (χ4v) is 4.02. The SMILES string of the molecule is COc1ccc(NC(=O)c2c(C)nsc2Nc2ccc(C#N)cn2)c(N2CCOCC2)n1. The minimum atomic E-state index is -0.311. The first-order chi connectivity index (χ1) is 15.6. The zero-order valence-corrected chi connectivity index (χ0v) is 18.4. The smallest absolute Gasteiger partial charge is 0.260 e. The fraction of sp³-hybridized carbons (Fsp3) is 0.286. The van der Waals surface area contributed by atoms with Crippen LogP contribution in [0.4, 0.5) is 22.3 Å². The number of aryl methyl sites for hydroxylation is 1. The molecule has 0 aliphatic carbocycles. The van der Waals surface area contributed by atoms with E-state index < -0.39 is 0 Å². The molecule has 1 fully saturated rings. The zero-order valence-electron chi connectivity index (χ0n) is 17.6. The number of carbonyl (C=O) groups excluding carboxylic acids is 1. The van der Waals surface area contributed by atoms with Crippen molar-refractivity contribution >= 4 is 39.8 Å². The molecule has 1 amide bonds. The Morgan fingerprint density at radius 1 is 1.28 bits per heavy atom. The Morgan fingerprint density at radius 3 is 2.78 bits per heavy atom. The number of nitrogens with one attached hydrogen (secondary N) is 2. The van der Waals surface area contributed by atoms with Gasteiger partial charge >= 0.3 is 0 Å². The van der Waals surface area contributed by atoms with Crippen LogP contribution in [0.15, 0.2) is 30.5 Å². The molecule has 0 bridgehead atoms. The highest BCUT2D eigenvalue weighted by Crippen LogP contribution is 2.31. The van der Waals surface area contributed by atoms with Gasteiger partial charge < -0.3 is 25.0 Å². The van der Waals surface area contributed by atoms with Gasteiger partial charge in [0.1, 0.15) is 16.9 Å². The lowest BCUT2D eigenvalue weighted by Gasteiger charge is -2.29. The van der Waals surface area contributed by atoms with E-state index in [9.17, 15) is 4.79 Å². The highest BCUT2D eigenvalue weighted by Gasteiger charge is 2.23. The zero-order chi connectivity index (χ0) is 22.5. The van der Waals surface area contributed by atoms with Gasteiger partial charge in [0.05, 0.1) is 42.8 Å². The molecule has 4 heterocycles. The average Bonchev–Trinajstić information content (AvgIpc) is 3.20. The molecule has 1 aliphatic rings. The van der Waals surface area contributed by atoms with Crippen molar-refractivity contribution in [2.75, 3.05) is 48.9 Å². The van der Waals surface area contributed by atoms with E-state index in [1.54, 1.807) is 38.3 Å². The fourth-order valence-electron chi connectivity index (χ4n) is 3.22. The second-order valence-electron chi connectivity index (χ2n) is 6.92. The quantitative estimate of drug-likeness (QED) is 0.582. The largest absolute Gasteiger partial charge is 0.481 e. The van der Waals surface area contributed by atoms with E-state index in [-0.39, 0.29) is 5.91 Å². The summed E-state index contributed by atoms with van der Waals surface area (Å²) in [5.41, 5.74) is 2.05. The molecule has 164 valence electrons. The van der Waals surface area contributed by atoms with Gasteiger partial charge in [-0.05, 0) is 36.7 Å². The van der Waals surface area contributed by atoms with Crippen LogP contribution in [0.2, 0.25) is 0 Å². The number of hydrogen-bond donors (Lipinski definition) is 2. The predicted molar refractivity (Wildman–Crippen MR) is 121 cm³/mol. The number of amides is 1. The predicted octanol–water partition coefficient (Wildman–Crippen LogP) is 2.95. The molecule has 32 heavy (non-hydrogen) atoms. The number of methoxy groups -OCH3 is 1. The molecule has 11 heteroatoms. The summed E-state index contributed by atoms with van der Waals surface area (Å²) in [6.45, 7) is 4.29. The number of nitriles is 1. The molecule has 1 aliphatic heterocycles. The molecule has 0 aromatic carbocycles. The van der Waals surface area contributed by atoms with Gasteiger partial charge in [0.2, 0.25) is 5.88 Å². The van der Waals surface area contributed by atoms with Gasteiger partial charge in [-0.1, -0.05) is 0 Å². The van der Waals surface area contributed by atoms with Crippen LogP contribution in [0.1, 0.15) is 21.6 Å². The van der Waals surface area contributed by atoms with Crippen LogP contribution in [0.25, 0.3) is 0 Å². The molecule has 4 rings (SSSR count). The molecule has 0 radical (unpaired) electrons. The Morgan fingerprint density at radius 2 is 2.09 bits per heavy atom. The minimum Gasteiger partial charge on any atom is -0.481 e. The highest BCUT2D eigenvalue weighted by molar-refractivity contribution is 7.10. The maximum Gasteiger partial charge on any atom is 0.260 e. The van der Waals surface area contributed by atoms with E-state index in [1.807, 2.05) is 6.07 Å². The van der Waals surface area contributed by atoms with Crippen molar-refractivity contribution in [1.29, 1.82) is 5.26 Å². The first-order valence-electron chi connectivity index (χ1n) is 9.87. The van der Waals surface area contributed by atoms with Crippen molar-refractivity contribution in [1.82, 2.24) is 14.3 Å². The lowest BCUT2D eigenvalue weighted by atomic mass is 10.2. The third-order valence-electron chi connectivity index (χ3n) is 4.84. The number of pyridine rings is 2. The van der Waals surface area contributed by atoms with Gasteiger partial charge in [-0.15, -0.1) is 0 Å². The Bertz CT molecular complexity index is 1150. The Hall–Kier alpha value is -3.75. The molecule has 0 spiro atoms. The van der Waals surface area contributed by atoms with E-state index in [0.717, 1.165) is 0 Å². The second-order valence-corrected chi connectivity index (χ2v) is 7.69. The summed E-state index contributed by atoms with van der Waals surface area (Å²) >= 11 is 1.17. The molecule has 3 aromatic rings. The Balaban J connectivity index is 1.59. The molecular weight excluding hydrogens is 430 g/mol. The number of aromatic nitrogens is 3. The lowest BCUT2D eigenvalue weighted by Crippen LogP contribution is -2.37. The van der Waals surface area contributed by atoms with Crippen LogP contribution in [0.3, 0.4) is 0 Å². The van der Waals surface area contributed by atoms with Crippen LogP contribution in [0, 0.1) is 18.3 Å². The van der Waals surface area contributed by atoms with E-state index in [4.69, 9.17) is 14.7 Å². The summed E-state index contributed by atoms with van der Waals surface area (Å²) in [6.07, 6.45) is 1.47. The third-order valence-corrected chi connectivity index (χ3v) is 5.70. The Labute approximate surface area is 189 Å². The summed E-state index contributed by atoms with van der Waals surface area (Å²) < 4.78 is 15.0. The molecule has 2 N–H and O–H groups in total. The van der Waals surface area contributed by atoms with Gasteiger partial charge in [0, 0.05) is 25.4 Å². The summed E-state index contributed by atoms with van der Waals surface area (Å²) in [5, 5.41) is 15.6. The van der Waals surface area contributed by atoms with Crippen LogP contribution >= 0.6 is 11.5 Å². The van der Waals surface area contributed by atoms with Gasteiger partial charge in [-0.2, -0.15) is 14.6 Å². The maximum absolute atomic E-state index is 13.2. The highest BCUT2D eigenvalue weighted by atomic mass is 32.1. The topological polar surface area (TPSA) is 125 Å². The van der Waals surface area contributed by atoms with E-state index in [0.29, 0.717) is 71.3 Å².